The number of pyridine rings is 1. The van der Waals surface area contributed by atoms with Gasteiger partial charge in [0.15, 0.2) is 0 Å². The van der Waals surface area contributed by atoms with Crippen LogP contribution in [0, 0.1) is 11.8 Å². The van der Waals surface area contributed by atoms with Gasteiger partial charge in [0.25, 0.3) is 0 Å². The minimum absolute atomic E-state index is 0.970. The van der Waals surface area contributed by atoms with Crippen molar-refractivity contribution in [1.82, 2.24) is 4.98 Å². The third kappa shape index (κ3) is 3.68. The Morgan fingerprint density at radius 3 is 2.19 bits per heavy atom. The molecule has 4 aromatic rings. The lowest BCUT2D eigenvalue weighted by atomic mass is 9.98. The fourth-order valence-corrected chi connectivity index (χ4v) is 3.17. The Bertz CT molecular complexity index is 1130. The van der Waals surface area contributed by atoms with Gasteiger partial charge in [-0.05, 0) is 52.9 Å². The lowest BCUT2D eigenvalue weighted by molar-refractivity contribution is 1.14. The largest absolute Gasteiger partial charge is 0.377 e. The molecule has 0 amide bonds. The molecular formula is C25H20N2. The van der Waals surface area contributed by atoms with Gasteiger partial charge in [-0.1, -0.05) is 48.2 Å². The number of hydrogen-bond donors (Lipinski definition) is 0. The third-order valence-electron chi connectivity index (χ3n) is 4.55. The van der Waals surface area contributed by atoms with Crippen LogP contribution in [0.5, 0.6) is 0 Å². The quantitative estimate of drug-likeness (QED) is 0.453. The lowest BCUT2D eigenvalue weighted by Crippen LogP contribution is -2.09. The molecule has 27 heavy (non-hydrogen) atoms. The summed E-state index contributed by atoms with van der Waals surface area (Å²) >= 11 is 0. The first-order chi connectivity index (χ1) is 13.2. The molecule has 3 aromatic carbocycles. The second-order valence-electron chi connectivity index (χ2n) is 6.68. The number of fused-ring (bicyclic) bond motifs is 1. The molecule has 0 unspecified atom stereocenters. The maximum Gasteiger partial charge on any atom is 0.0446 e. The Balaban J connectivity index is 1.83. The molecule has 0 aliphatic heterocycles. The van der Waals surface area contributed by atoms with E-state index in [0.717, 1.165) is 11.1 Å². The average molecular weight is 348 g/mol. The minimum atomic E-state index is 0.970. The summed E-state index contributed by atoms with van der Waals surface area (Å²) in [5.74, 6) is 6.48. The molecule has 1 heterocycles. The van der Waals surface area contributed by atoms with E-state index in [1.54, 1.807) is 12.4 Å². The summed E-state index contributed by atoms with van der Waals surface area (Å²) in [5, 5.41) is 2.43. The highest BCUT2D eigenvalue weighted by Gasteiger charge is 2.08. The van der Waals surface area contributed by atoms with Gasteiger partial charge in [0.2, 0.25) is 0 Å². The van der Waals surface area contributed by atoms with Crippen LogP contribution in [-0.4, -0.2) is 19.1 Å². The number of rotatable bonds is 2. The van der Waals surface area contributed by atoms with Crippen molar-refractivity contribution in [2.45, 2.75) is 0 Å². The van der Waals surface area contributed by atoms with Crippen LogP contribution in [0.3, 0.4) is 0 Å². The highest BCUT2D eigenvalue weighted by molar-refractivity contribution is 5.98. The van der Waals surface area contributed by atoms with E-state index in [2.05, 4.69) is 90.4 Å². The molecule has 0 radical (unpaired) electrons. The molecule has 0 spiro atoms. The van der Waals surface area contributed by atoms with Crippen LogP contribution < -0.4 is 4.90 Å². The zero-order chi connectivity index (χ0) is 18.6. The van der Waals surface area contributed by atoms with Crippen molar-refractivity contribution in [3.8, 4) is 23.0 Å². The zero-order valence-corrected chi connectivity index (χ0v) is 15.5. The molecule has 0 aliphatic rings. The maximum absolute atomic E-state index is 4.03. The van der Waals surface area contributed by atoms with Gasteiger partial charge in [0.1, 0.15) is 0 Å². The van der Waals surface area contributed by atoms with Gasteiger partial charge in [0.05, 0.1) is 0 Å². The molecule has 1 aromatic heterocycles. The Kier molecular flexibility index (Phi) is 4.60. The molecule has 0 fully saturated rings. The van der Waals surface area contributed by atoms with Crippen LogP contribution in [0.15, 0.2) is 85.2 Å². The van der Waals surface area contributed by atoms with E-state index < -0.39 is 0 Å². The Morgan fingerprint density at radius 2 is 1.44 bits per heavy atom. The van der Waals surface area contributed by atoms with Crippen molar-refractivity contribution < 1.29 is 0 Å². The normalized spacial score (nSPS) is 10.3. The molecule has 4 rings (SSSR count). The number of nitrogens with zero attached hydrogens (tertiary/aromatic N) is 2. The lowest BCUT2D eigenvalue weighted by Gasteiger charge is -2.18. The summed E-state index contributed by atoms with van der Waals surface area (Å²) < 4.78 is 0. The van der Waals surface area contributed by atoms with Gasteiger partial charge in [-0.25, -0.2) is 0 Å². The summed E-state index contributed by atoms with van der Waals surface area (Å²) in [7, 11) is 4.17. The van der Waals surface area contributed by atoms with Gasteiger partial charge in [-0.2, -0.15) is 0 Å². The van der Waals surface area contributed by atoms with Gasteiger partial charge in [0, 0.05) is 48.7 Å². The van der Waals surface area contributed by atoms with Gasteiger partial charge < -0.3 is 4.90 Å². The number of benzene rings is 3. The third-order valence-corrected chi connectivity index (χ3v) is 4.55. The van der Waals surface area contributed by atoms with Crippen LogP contribution in [0.2, 0.25) is 0 Å². The topological polar surface area (TPSA) is 16.1 Å². The average Bonchev–Trinajstić information content (AvgIpc) is 2.72. The highest BCUT2D eigenvalue weighted by Crippen LogP contribution is 2.33. The van der Waals surface area contributed by atoms with Crippen molar-refractivity contribution in [3.63, 3.8) is 0 Å². The van der Waals surface area contributed by atoms with Crippen molar-refractivity contribution in [2.75, 3.05) is 19.0 Å². The van der Waals surface area contributed by atoms with E-state index in [1.807, 2.05) is 18.2 Å². The Morgan fingerprint density at radius 1 is 0.704 bits per heavy atom. The summed E-state index contributed by atoms with van der Waals surface area (Å²) in [4.78, 5) is 6.20. The van der Waals surface area contributed by atoms with Crippen molar-refractivity contribution in [2.24, 2.45) is 0 Å². The molecule has 0 aliphatic carbocycles. The van der Waals surface area contributed by atoms with Gasteiger partial charge >= 0.3 is 0 Å². The van der Waals surface area contributed by atoms with Crippen LogP contribution in [0.4, 0.5) is 5.69 Å². The van der Waals surface area contributed by atoms with Gasteiger partial charge in [-0.15, -0.1) is 0 Å². The number of anilines is 1. The predicted octanol–water partition coefficient (Wildman–Crippen LogP) is 5.37. The highest BCUT2D eigenvalue weighted by atomic mass is 15.1. The summed E-state index contributed by atoms with van der Waals surface area (Å²) in [5.41, 5.74) is 5.62. The Labute approximate surface area is 160 Å². The fraction of sp³-hybridized carbons (Fsp3) is 0.0800. The molecule has 130 valence electrons. The van der Waals surface area contributed by atoms with Crippen molar-refractivity contribution >= 4 is 16.5 Å². The molecular weight excluding hydrogens is 328 g/mol. The van der Waals surface area contributed by atoms with E-state index in [-0.39, 0.29) is 0 Å². The van der Waals surface area contributed by atoms with Crippen molar-refractivity contribution in [1.29, 1.82) is 0 Å². The Hall–Kier alpha value is -3.57. The molecule has 0 saturated carbocycles. The van der Waals surface area contributed by atoms with E-state index in [9.17, 15) is 0 Å². The number of aromatic nitrogens is 1. The fourth-order valence-electron chi connectivity index (χ4n) is 3.17. The molecule has 0 bridgehead atoms. The first-order valence-corrected chi connectivity index (χ1v) is 8.93. The van der Waals surface area contributed by atoms with E-state index >= 15 is 0 Å². The van der Waals surface area contributed by atoms with Crippen LogP contribution >= 0.6 is 0 Å². The maximum atomic E-state index is 4.03. The first kappa shape index (κ1) is 16.9. The second-order valence-corrected chi connectivity index (χ2v) is 6.68. The molecule has 2 heteroatoms. The van der Waals surface area contributed by atoms with Crippen molar-refractivity contribution in [3.05, 3.63) is 96.3 Å². The zero-order valence-electron chi connectivity index (χ0n) is 15.5. The molecule has 0 atom stereocenters. The molecule has 0 N–H and O–H groups in total. The van der Waals surface area contributed by atoms with Crippen LogP contribution in [0.1, 0.15) is 11.1 Å². The van der Waals surface area contributed by atoms with Crippen LogP contribution in [0.25, 0.3) is 21.9 Å². The van der Waals surface area contributed by atoms with E-state index in [4.69, 9.17) is 0 Å². The second kappa shape index (κ2) is 7.35. The van der Waals surface area contributed by atoms with Gasteiger partial charge in [-0.3, -0.25) is 4.98 Å². The monoisotopic (exact) mass is 348 g/mol. The smallest absolute Gasteiger partial charge is 0.0446 e. The molecule has 2 nitrogen and oxygen atoms in total. The standard InChI is InChI=1S/C25H20N2/c1-27(2)25-18-22(21-6-4-3-5-7-21)17-23-16-20(10-11-24(23)25)9-8-19-12-14-26-15-13-19/h3-7,10-18H,1-2H3. The molecule has 0 saturated heterocycles. The predicted molar refractivity (Wildman–Crippen MR) is 114 cm³/mol. The van der Waals surface area contributed by atoms with E-state index in [0.29, 0.717) is 0 Å². The first-order valence-electron chi connectivity index (χ1n) is 8.93. The SMILES string of the molecule is CN(C)c1cc(-c2ccccc2)cc2cc(C#Cc3ccncc3)ccc12. The van der Waals surface area contributed by atoms with Crippen LogP contribution in [-0.2, 0) is 0 Å². The summed E-state index contributed by atoms with van der Waals surface area (Å²) in [6, 6.07) is 25.2. The number of hydrogen-bond acceptors (Lipinski definition) is 2. The summed E-state index contributed by atoms with van der Waals surface area (Å²) in [6.07, 6.45) is 3.53. The minimum Gasteiger partial charge on any atom is -0.377 e. The summed E-state index contributed by atoms with van der Waals surface area (Å²) in [6.45, 7) is 0. The van der Waals surface area contributed by atoms with E-state index in [1.165, 1.54) is 27.6 Å².